The van der Waals surface area contributed by atoms with Crippen LogP contribution in [0.1, 0.15) is 12.0 Å². The van der Waals surface area contributed by atoms with Gasteiger partial charge in [0.15, 0.2) is 0 Å². The van der Waals surface area contributed by atoms with Crippen molar-refractivity contribution in [2.45, 2.75) is 12.8 Å². The smallest absolute Gasteiger partial charge is 0.142 e. The molecular weight excluding hydrogens is 188 g/mol. The van der Waals surface area contributed by atoms with E-state index in [1.807, 2.05) is 6.07 Å². The zero-order valence-electron chi connectivity index (χ0n) is 9.20. The summed E-state index contributed by atoms with van der Waals surface area (Å²) in [7, 11) is 2.12. The van der Waals surface area contributed by atoms with Gasteiger partial charge >= 0.3 is 0 Å². The number of nitrogens with two attached hydrogens (primary N) is 1. The number of aryl methyl sites for hydroxylation is 1. The van der Waals surface area contributed by atoms with Crippen LogP contribution in [0.5, 0.6) is 5.75 Å². The third-order valence-corrected chi connectivity index (χ3v) is 2.78. The van der Waals surface area contributed by atoms with E-state index in [4.69, 9.17) is 10.5 Å². The Kier molecular flexibility index (Phi) is 3.11. The van der Waals surface area contributed by atoms with Crippen molar-refractivity contribution >= 4 is 5.69 Å². The lowest BCUT2D eigenvalue weighted by molar-refractivity contribution is 0.328. The summed E-state index contributed by atoms with van der Waals surface area (Å²) < 4.78 is 5.66. The van der Waals surface area contributed by atoms with Gasteiger partial charge in [0.25, 0.3) is 0 Å². The molecule has 0 unspecified atom stereocenters. The third-order valence-electron chi connectivity index (χ3n) is 2.78. The minimum atomic E-state index is 0.563. The van der Waals surface area contributed by atoms with E-state index in [1.165, 1.54) is 17.7 Å². The molecule has 0 saturated heterocycles. The number of rotatable bonds is 3. The summed E-state index contributed by atoms with van der Waals surface area (Å²) in [6, 6.07) is 6.26. The molecule has 1 aromatic carbocycles. The number of ether oxygens (including phenoxy) is 1. The van der Waals surface area contributed by atoms with Crippen LogP contribution in [0.2, 0.25) is 0 Å². The van der Waals surface area contributed by atoms with Gasteiger partial charge in [-0.05, 0) is 24.5 Å². The van der Waals surface area contributed by atoms with Crippen molar-refractivity contribution in [3.05, 3.63) is 23.8 Å². The largest absolute Gasteiger partial charge is 0.490 e. The summed E-state index contributed by atoms with van der Waals surface area (Å²) in [6.45, 7) is 2.26. The zero-order chi connectivity index (χ0) is 10.7. The van der Waals surface area contributed by atoms with Gasteiger partial charge in [0, 0.05) is 20.1 Å². The van der Waals surface area contributed by atoms with Crippen molar-refractivity contribution in [3.8, 4) is 5.75 Å². The molecule has 0 aliphatic carbocycles. The Morgan fingerprint density at radius 3 is 3.13 bits per heavy atom. The Labute approximate surface area is 90.8 Å². The number of hydrogen-bond donors (Lipinski definition) is 1. The molecule has 0 atom stereocenters. The second kappa shape index (κ2) is 4.53. The molecule has 1 aromatic rings. The number of nitrogens with zero attached hydrogens (tertiary/aromatic N) is 1. The topological polar surface area (TPSA) is 38.5 Å². The average Bonchev–Trinajstić information content (AvgIpc) is 2.26. The van der Waals surface area contributed by atoms with Crippen molar-refractivity contribution in [3.63, 3.8) is 0 Å². The molecule has 0 spiro atoms. The van der Waals surface area contributed by atoms with Crippen molar-refractivity contribution in [2.75, 3.05) is 31.6 Å². The van der Waals surface area contributed by atoms with Crippen LogP contribution in [0, 0.1) is 0 Å². The highest BCUT2D eigenvalue weighted by Crippen LogP contribution is 2.35. The van der Waals surface area contributed by atoms with E-state index >= 15 is 0 Å². The van der Waals surface area contributed by atoms with E-state index in [0.717, 1.165) is 18.7 Å². The minimum absolute atomic E-state index is 0.563. The Bertz CT molecular complexity index is 338. The molecule has 0 fully saturated rings. The number of hydrogen-bond acceptors (Lipinski definition) is 3. The first kappa shape index (κ1) is 10.3. The summed E-state index contributed by atoms with van der Waals surface area (Å²) in [5.74, 6) is 0.972. The van der Waals surface area contributed by atoms with Crippen LogP contribution in [0.4, 0.5) is 5.69 Å². The van der Waals surface area contributed by atoms with Crippen LogP contribution < -0.4 is 15.4 Å². The van der Waals surface area contributed by atoms with Gasteiger partial charge in [-0.3, -0.25) is 0 Å². The molecule has 0 aromatic heterocycles. The van der Waals surface area contributed by atoms with Crippen LogP contribution in [0.25, 0.3) is 0 Å². The van der Waals surface area contributed by atoms with Crippen LogP contribution in [0.15, 0.2) is 18.2 Å². The summed E-state index contributed by atoms with van der Waals surface area (Å²) in [6.07, 6.45) is 2.38. The lowest BCUT2D eigenvalue weighted by atomic mass is 10.0. The maximum Gasteiger partial charge on any atom is 0.142 e. The zero-order valence-corrected chi connectivity index (χ0v) is 9.20. The number of fused-ring (bicyclic) bond motifs is 1. The summed E-state index contributed by atoms with van der Waals surface area (Å²) in [4.78, 5) is 2.27. The van der Waals surface area contributed by atoms with Gasteiger partial charge in [0.2, 0.25) is 0 Å². The van der Waals surface area contributed by atoms with Crippen molar-refractivity contribution in [1.82, 2.24) is 0 Å². The third kappa shape index (κ3) is 2.07. The summed E-state index contributed by atoms with van der Waals surface area (Å²) >= 11 is 0. The fourth-order valence-corrected chi connectivity index (χ4v) is 2.11. The Morgan fingerprint density at radius 1 is 1.47 bits per heavy atom. The molecule has 3 nitrogen and oxygen atoms in total. The van der Waals surface area contributed by atoms with E-state index in [2.05, 4.69) is 24.1 Å². The lowest BCUT2D eigenvalue weighted by Gasteiger charge is -2.29. The van der Waals surface area contributed by atoms with Crippen LogP contribution >= 0.6 is 0 Å². The van der Waals surface area contributed by atoms with Gasteiger partial charge in [-0.1, -0.05) is 12.1 Å². The predicted molar refractivity (Wildman–Crippen MR) is 62.6 cm³/mol. The second-order valence-corrected chi connectivity index (χ2v) is 3.93. The van der Waals surface area contributed by atoms with Crippen LogP contribution in [-0.4, -0.2) is 26.7 Å². The second-order valence-electron chi connectivity index (χ2n) is 3.93. The molecule has 82 valence electrons. The molecular formula is C12H18N2O. The van der Waals surface area contributed by atoms with Crippen molar-refractivity contribution < 1.29 is 4.74 Å². The van der Waals surface area contributed by atoms with Gasteiger partial charge in [-0.25, -0.2) is 0 Å². The molecule has 3 heteroatoms. The fraction of sp³-hybridized carbons (Fsp3) is 0.500. The van der Waals surface area contributed by atoms with Gasteiger partial charge < -0.3 is 15.4 Å². The molecule has 0 radical (unpaired) electrons. The maximum absolute atomic E-state index is 5.66. The van der Waals surface area contributed by atoms with Gasteiger partial charge in [-0.2, -0.15) is 0 Å². The van der Waals surface area contributed by atoms with Gasteiger partial charge in [0.1, 0.15) is 12.4 Å². The van der Waals surface area contributed by atoms with Gasteiger partial charge in [-0.15, -0.1) is 0 Å². The standard InChI is InChI=1S/C12H18N2O/c1-14-8-3-5-10-4-2-6-11(12(10)14)15-9-7-13/h2,4,6H,3,5,7-9,13H2,1H3. The molecule has 1 heterocycles. The van der Waals surface area contributed by atoms with Crippen LogP contribution in [0.3, 0.4) is 0 Å². The first-order valence-electron chi connectivity index (χ1n) is 5.49. The lowest BCUT2D eigenvalue weighted by Crippen LogP contribution is -2.25. The van der Waals surface area contributed by atoms with E-state index < -0.39 is 0 Å². The molecule has 0 saturated carbocycles. The Morgan fingerprint density at radius 2 is 2.33 bits per heavy atom. The molecule has 0 bridgehead atoms. The normalized spacial score (nSPS) is 14.9. The van der Waals surface area contributed by atoms with E-state index in [9.17, 15) is 0 Å². The number of anilines is 1. The maximum atomic E-state index is 5.66. The molecule has 2 N–H and O–H groups in total. The molecule has 0 amide bonds. The molecule has 15 heavy (non-hydrogen) atoms. The van der Waals surface area contributed by atoms with Gasteiger partial charge in [0.05, 0.1) is 5.69 Å². The first-order valence-corrected chi connectivity index (χ1v) is 5.49. The number of benzene rings is 1. The Hall–Kier alpha value is -1.22. The quantitative estimate of drug-likeness (QED) is 0.812. The molecule has 2 rings (SSSR count). The molecule has 1 aliphatic rings. The highest BCUT2D eigenvalue weighted by atomic mass is 16.5. The van der Waals surface area contributed by atoms with Crippen molar-refractivity contribution in [1.29, 1.82) is 0 Å². The SMILES string of the molecule is CN1CCCc2cccc(OCCN)c21. The molecule has 1 aliphatic heterocycles. The monoisotopic (exact) mass is 206 g/mol. The predicted octanol–water partition coefficient (Wildman–Crippen LogP) is 1.41. The highest BCUT2D eigenvalue weighted by molar-refractivity contribution is 5.64. The Balaban J connectivity index is 2.29. The van der Waals surface area contributed by atoms with Crippen LogP contribution in [-0.2, 0) is 6.42 Å². The average molecular weight is 206 g/mol. The van der Waals surface area contributed by atoms with E-state index in [1.54, 1.807) is 0 Å². The first-order chi connectivity index (χ1) is 7.33. The van der Waals surface area contributed by atoms with E-state index in [-0.39, 0.29) is 0 Å². The summed E-state index contributed by atoms with van der Waals surface area (Å²) in [5, 5.41) is 0. The van der Waals surface area contributed by atoms with E-state index in [0.29, 0.717) is 13.2 Å². The highest BCUT2D eigenvalue weighted by Gasteiger charge is 2.17. The summed E-state index contributed by atoms with van der Waals surface area (Å²) in [5.41, 5.74) is 8.08. The number of para-hydroxylation sites is 1. The fourth-order valence-electron chi connectivity index (χ4n) is 2.11. The minimum Gasteiger partial charge on any atom is -0.490 e. The van der Waals surface area contributed by atoms with Crippen molar-refractivity contribution in [2.24, 2.45) is 5.73 Å².